The Morgan fingerprint density at radius 2 is 1.43 bits per heavy atom. The molecule has 13 nitrogen and oxygen atoms in total. The van der Waals surface area contributed by atoms with Gasteiger partial charge >= 0.3 is 17.9 Å². The first kappa shape index (κ1) is 36.3. The zero-order chi connectivity index (χ0) is 33.3. The summed E-state index contributed by atoms with van der Waals surface area (Å²) < 4.78 is 16.8. The largest absolute Gasteiger partial charge is 0.496 e. The van der Waals surface area contributed by atoms with Crippen molar-refractivity contribution < 1.29 is 49.0 Å². The minimum absolute atomic E-state index is 0.0568. The molecule has 5 N–H and O–H groups in total. The highest BCUT2D eigenvalue weighted by Gasteiger charge is 2.41. The van der Waals surface area contributed by atoms with E-state index in [4.69, 9.17) is 34.6 Å². The summed E-state index contributed by atoms with van der Waals surface area (Å²) in [6.45, 7) is 10.7. The highest BCUT2D eigenvalue weighted by atomic mass is 16.5. The summed E-state index contributed by atoms with van der Waals surface area (Å²) in [5, 5.41) is 37.6. The SMILES string of the molecule is COc1cc(OC)c(OC)cc1CN(Cc1cccnc1)C1CC(C)(C)NC(C)(C)C1.O=C(O)CC(O)(CC(=O)O)C(=O)O. The molecule has 1 aliphatic rings. The van der Waals surface area contributed by atoms with Crippen molar-refractivity contribution in [2.45, 2.75) is 89.2 Å². The van der Waals surface area contributed by atoms with E-state index in [0.29, 0.717) is 17.5 Å². The number of carbonyl (C=O) groups is 3. The number of aromatic nitrogens is 1. The molecular formula is C31H45N3O10. The van der Waals surface area contributed by atoms with E-state index >= 15 is 0 Å². The number of piperidine rings is 1. The molecule has 2 heterocycles. The number of aliphatic carboxylic acids is 3. The molecule has 0 spiro atoms. The van der Waals surface area contributed by atoms with E-state index in [0.717, 1.165) is 37.2 Å². The van der Waals surface area contributed by atoms with Crippen molar-refractivity contribution in [2.24, 2.45) is 0 Å². The minimum atomic E-state index is -2.74. The van der Waals surface area contributed by atoms with Gasteiger partial charge in [-0.15, -0.1) is 0 Å². The van der Waals surface area contributed by atoms with E-state index in [2.05, 4.69) is 49.0 Å². The van der Waals surface area contributed by atoms with Gasteiger partial charge in [0.05, 0.1) is 34.2 Å². The molecule has 0 amide bonds. The van der Waals surface area contributed by atoms with Gasteiger partial charge in [0.15, 0.2) is 17.1 Å². The van der Waals surface area contributed by atoms with Crippen molar-refractivity contribution in [2.75, 3.05) is 21.3 Å². The molecule has 13 heteroatoms. The van der Waals surface area contributed by atoms with E-state index < -0.39 is 36.4 Å². The van der Waals surface area contributed by atoms with E-state index in [-0.39, 0.29) is 11.1 Å². The number of nitrogens with one attached hydrogen (secondary N) is 1. The Bertz CT molecular complexity index is 1250. The molecule has 1 aromatic heterocycles. The molecule has 0 radical (unpaired) electrons. The fourth-order valence-electron chi connectivity index (χ4n) is 5.72. The van der Waals surface area contributed by atoms with Crippen molar-refractivity contribution in [1.82, 2.24) is 15.2 Å². The molecule has 1 aromatic carbocycles. The van der Waals surface area contributed by atoms with Crippen molar-refractivity contribution in [3.05, 3.63) is 47.8 Å². The Balaban J connectivity index is 0.000000439. The molecule has 0 saturated carbocycles. The smallest absolute Gasteiger partial charge is 0.336 e. The minimum Gasteiger partial charge on any atom is -0.496 e. The predicted molar refractivity (Wildman–Crippen MR) is 161 cm³/mol. The summed E-state index contributed by atoms with van der Waals surface area (Å²) in [6, 6.07) is 8.49. The van der Waals surface area contributed by atoms with E-state index in [1.54, 1.807) is 21.3 Å². The Morgan fingerprint density at radius 1 is 0.909 bits per heavy atom. The number of hydrogen-bond acceptors (Lipinski definition) is 10. The van der Waals surface area contributed by atoms with Crippen LogP contribution in [0.15, 0.2) is 36.7 Å². The molecule has 2 aromatic rings. The lowest BCUT2D eigenvalue weighted by Crippen LogP contribution is -2.62. The normalized spacial score (nSPS) is 15.9. The Hall–Kier alpha value is -3.94. The summed E-state index contributed by atoms with van der Waals surface area (Å²) in [7, 11) is 5.01. The quantitative estimate of drug-likeness (QED) is 0.220. The predicted octanol–water partition coefficient (Wildman–Crippen LogP) is 3.17. The van der Waals surface area contributed by atoms with Crippen molar-refractivity contribution in [1.29, 1.82) is 0 Å². The lowest BCUT2D eigenvalue weighted by atomic mass is 9.78. The number of benzene rings is 1. The fraction of sp³-hybridized carbons (Fsp3) is 0.548. The Labute approximate surface area is 257 Å². The number of hydrogen-bond donors (Lipinski definition) is 5. The van der Waals surface area contributed by atoms with Crippen molar-refractivity contribution in [3.8, 4) is 17.2 Å². The van der Waals surface area contributed by atoms with Gasteiger partial charge in [-0.2, -0.15) is 0 Å². The molecule has 0 aliphatic carbocycles. The molecule has 1 fully saturated rings. The van der Waals surface area contributed by atoms with Gasteiger partial charge in [-0.05, 0) is 58.2 Å². The molecule has 1 aliphatic heterocycles. The molecule has 44 heavy (non-hydrogen) atoms. The summed E-state index contributed by atoms with van der Waals surface area (Å²) in [6.07, 6.45) is 3.61. The second-order valence-corrected chi connectivity index (χ2v) is 12.2. The molecule has 0 unspecified atom stereocenters. The van der Waals surface area contributed by atoms with Gasteiger partial charge in [-0.3, -0.25) is 19.5 Å². The van der Waals surface area contributed by atoms with Crippen LogP contribution in [0.3, 0.4) is 0 Å². The van der Waals surface area contributed by atoms with Crippen LogP contribution in [0.4, 0.5) is 0 Å². The van der Waals surface area contributed by atoms with Gasteiger partial charge in [-0.25, -0.2) is 4.79 Å². The number of ether oxygens (including phenoxy) is 3. The van der Waals surface area contributed by atoms with Gasteiger partial charge in [0.1, 0.15) is 5.75 Å². The zero-order valence-corrected chi connectivity index (χ0v) is 26.4. The first-order chi connectivity index (χ1) is 20.4. The highest BCUT2D eigenvalue weighted by Crippen LogP contribution is 2.38. The standard InChI is InChI=1S/C25H37N3O3.C6H8O7/c1-24(2)13-20(14-25(3,4)27-24)28(16-18-9-8-10-26-15-18)17-19-11-22(30-6)23(31-7)12-21(19)29-5;7-3(8)1-6(13,5(11)12)2-4(9)10/h8-12,15,20,27H,13-14,16-17H2,1-7H3;13H,1-2H2,(H,7,8)(H,9,10)(H,11,12). The zero-order valence-electron chi connectivity index (χ0n) is 26.4. The number of pyridine rings is 1. The summed E-state index contributed by atoms with van der Waals surface area (Å²) in [5.74, 6) is -2.83. The number of carboxylic acid groups (broad SMARTS) is 3. The van der Waals surface area contributed by atoms with E-state index in [1.807, 2.05) is 30.6 Å². The van der Waals surface area contributed by atoms with Gasteiger partial charge in [0, 0.05) is 54.2 Å². The molecule has 3 rings (SSSR count). The summed E-state index contributed by atoms with van der Waals surface area (Å²) in [4.78, 5) is 37.4. The third-order valence-electron chi connectivity index (χ3n) is 7.24. The third-order valence-corrected chi connectivity index (χ3v) is 7.24. The highest BCUT2D eigenvalue weighted by molar-refractivity contribution is 5.88. The number of methoxy groups -OCH3 is 3. The maximum Gasteiger partial charge on any atom is 0.336 e. The number of carboxylic acids is 3. The van der Waals surface area contributed by atoms with Crippen LogP contribution in [-0.4, -0.2) is 92.3 Å². The van der Waals surface area contributed by atoms with Gasteiger partial charge in [-0.1, -0.05) is 6.07 Å². The molecular weight excluding hydrogens is 574 g/mol. The molecule has 244 valence electrons. The maximum absolute atomic E-state index is 10.3. The Kier molecular flexibility index (Phi) is 12.5. The Morgan fingerprint density at radius 3 is 1.86 bits per heavy atom. The first-order valence-electron chi connectivity index (χ1n) is 14.0. The lowest BCUT2D eigenvalue weighted by Gasteiger charge is -2.49. The van der Waals surface area contributed by atoms with Crippen LogP contribution >= 0.6 is 0 Å². The van der Waals surface area contributed by atoms with Crippen LogP contribution in [0.25, 0.3) is 0 Å². The topological polar surface area (TPSA) is 188 Å². The average molecular weight is 620 g/mol. The second-order valence-electron chi connectivity index (χ2n) is 12.2. The third kappa shape index (κ3) is 10.6. The summed E-state index contributed by atoms with van der Waals surface area (Å²) >= 11 is 0. The molecule has 0 atom stereocenters. The first-order valence-corrected chi connectivity index (χ1v) is 14.0. The van der Waals surface area contributed by atoms with Crippen LogP contribution < -0.4 is 19.5 Å². The molecule has 0 bridgehead atoms. The lowest BCUT2D eigenvalue weighted by molar-refractivity contribution is -0.170. The monoisotopic (exact) mass is 619 g/mol. The van der Waals surface area contributed by atoms with Crippen LogP contribution in [-0.2, 0) is 27.5 Å². The van der Waals surface area contributed by atoms with Crippen LogP contribution in [0.5, 0.6) is 17.2 Å². The maximum atomic E-state index is 10.3. The molecule has 1 saturated heterocycles. The van der Waals surface area contributed by atoms with Gasteiger partial charge in [0.2, 0.25) is 0 Å². The number of aliphatic hydroxyl groups is 1. The van der Waals surface area contributed by atoms with Crippen LogP contribution in [0.2, 0.25) is 0 Å². The van der Waals surface area contributed by atoms with Gasteiger partial charge in [0.25, 0.3) is 0 Å². The van der Waals surface area contributed by atoms with Crippen molar-refractivity contribution >= 4 is 17.9 Å². The van der Waals surface area contributed by atoms with E-state index in [9.17, 15) is 14.4 Å². The average Bonchev–Trinajstić information content (AvgIpc) is 2.90. The fourth-order valence-corrected chi connectivity index (χ4v) is 5.72. The van der Waals surface area contributed by atoms with Crippen LogP contribution in [0, 0.1) is 0 Å². The van der Waals surface area contributed by atoms with E-state index in [1.165, 1.54) is 5.56 Å². The summed E-state index contributed by atoms with van der Waals surface area (Å²) in [5.41, 5.74) is -0.338. The van der Waals surface area contributed by atoms with Crippen LogP contribution in [0.1, 0.15) is 64.5 Å². The second kappa shape index (κ2) is 15.2. The van der Waals surface area contributed by atoms with Gasteiger partial charge < -0.3 is 40.0 Å². The van der Waals surface area contributed by atoms with Crippen molar-refractivity contribution in [3.63, 3.8) is 0 Å². The number of rotatable bonds is 13. The number of nitrogens with zero attached hydrogens (tertiary/aromatic N) is 2.